The van der Waals surface area contributed by atoms with Gasteiger partial charge in [0.05, 0.1) is 5.69 Å². The van der Waals surface area contributed by atoms with Crippen LogP contribution in [0.2, 0.25) is 0 Å². The third-order valence-corrected chi connectivity index (χ3v) is 2.92. The lowest BCUT2D eigenvalue weighted by atomic mass is 10.1. The summed E-state index contributed by atoms with van der Waals surface area (Å²) in [7, 11) is 0. The number of hydrogen-bond acceptors (Lipinski definition) is 3. The number of rotatable bonds is 5. The summed E-state index contributed by atoms with van der Waals surface area (Å²) in [6.07, 6.45) is -0.416. The molecule has 0 saturated carbocycles. The molecule has 1 unspecified atom stereocenters. The van der Waals surface area contributed by atoms with Gasteiger partial charge in [-0.05, 0) is 29.8 Å². The number of carbonyl (C=O) groups excluding carboxylic acids is 1. The standard InChI is InChI=1S/C16H17FN2O2/c1-11(20)19-14-4-2-3-5-15(14)21-16(10-18)12-6-8-13(17)9-7-12/h2-9,16H,10,18H2,1H3,(H,19,20). The van der Waals surface area contributed by atoms with Gasteiger partial charge in [0.15, 0.2) is 0 Å². The van der Waals surface area contributed by atoms with E-state index in [0.717, 1.165) is 5.56 Å². The Bertz CT molecular complexity index is 614. The number of halogens is 1. The molecule has 1 atom stereocenters. The van der Waals surface area contributed by atoms with Gasteiger partial charge >= 0.3 is 0 Å². The van der Waals surface area contributed by atoms with E-state index in [9.17, 15) is 9.18 Å². The summed E-state index contributed by atoms with van der Waals surface area (Å²) in [6, 6.07) is 13.1. The monoisotopic (exact) mass is 288 g/mol. The van der Waals surface area contributed by atoms with Gasteiger partial charge in [-0.1, -0.05) is 24.3 Å². The van der Waals surface area contributed by atoms with Gasteiger partial charge < -0.3 is 15.8 Å². The average Bonchev–Trinajstić information content (AvgIpc) is 2.47. The highest BCUT2D eigenvalue weighted by atomic mass is 19.1. The van der Waals surface area contributed by atoms with Crippen molar-refractivity contribution < 1.29 is 13.9 Å². The van der Waals surface area contributed by atoms with Crippen molar-refractivity contribution in [1.29, 1.82) is 0 Å². The number of para-hydroxylation sites is 2. The van der Waals surface area contributed by atoms with E-state index in [4.69, 9.17) is 10.5 Å². The summed E-state index contributed by atoms with van der Waals surface area (Å²) in [5, 5.41) is 2.70. The van der Waals surface area contributed by atoms with Crippen molar-refractivity contribution in [1.82, 2.24) is 0 Å². The first-order valence-electron chi connectivity index (χ1n) is 6.59. The first-order chi connectivity index (χ1) is 10.1. The van der Waals surface area contributed by atoms with Crippen LogP contribution >= 0.6 is 0 Å². The molecule has 2 aromatic rings. The highest BCUT2D eigenvalue weighted by Crippen LogP contribution is 2.28. The third kappa shape index (κ3) is 4.03. The number of carbonyl (C=O) groups is 1. The van der Waals surface area contributed by atoms with Gasteiger partial charge in [-0.25, -0.2) is 4.39 Å². The number of amides is 1. The lowest BCUT2D eigenvalue weighted by Crippen LogP contribution is -2.19. The van der Waals surface area contributed by atoms with Gasteiger partial charge in [-0.2, -0.15) is 0 Å². The van der Waals surface area contributed by atoms with E-state index in [-0.39, 0.29) is 18.3 Å². The van der Waals surface area contributed by atoms with Crippen LogP contribution in [-0.2, 0) is 4.79 Å². The van der Waals surface area contributed by atoms with Gasteiger partial charge in [-0.15, -0.1) is 0 Å². The van der Waals surface area contributed by atoms with Crippen LogP contribution in [0.25, 0.3) is 0 Å². The summed E-state index contributed by atoms with van der Waals surface area (Å²) in [6.45, 7) is 1.66. The van der Waals surface area contributed by atoms with Gasteiger partial charge in [0, 0.05) is 13.5 Å². The number of benzene rings is 2. The second-order valence-corrected chi connectivity index (χ2v) is 4.57. The van der Waals surface area contributed by atoms with Crippen molar-refractivity contribution >= 4 is 11.6 Å². The van der Waals surface area contributed by atoms with E-state index in [0.29, 0.717) is 11.4 Å². The van der Waals surface area contributed by atoms with Crippen molar-refractivity contribution in [3.05, 3.63) is 59.9 Å². The fourth-order valence-corrected chi connectivity index (χ4v) is 1.95. The maximum atomic E-state index is 13.0. The van der Waals surface area contributed by atoms with Crippen molar-refractivity contribution in [2.75, 3.05) is 11.9 Å². The Labute approximate surface area is 122 Å². The molecule has 110 valence electrons. The molecule has 0 aliphatic rings. The van der Waals surface area contributed by atoms with Gasteiger partial charge in [0.1, 0.15) is 17.7 Å². The number of ether oxygens (including phenoxy) is 1. The Morgan fingerprint density at radius 1 is 1.24 bits per heavy atom. The average molecular weight is 288 g/mol. The fourth-order valence-electron chi connectivity index (χ4n) is 1.95. The van der Waals surface area contributed by atoms with Crippen molar-refractivity contribution in [2.45, 2.75) is 13.0 Å². The fraction of sp³-hybridized carbons (Fsp3) is 0.188. The highest BCUT2D eigenvalue weighted by Gasteiger charge is 2.14. The summed E-state index contributed by atoms with van der Waals surface area (Å²) in [4.78, 5) is 11.2. The summed E-state index contributed by atoms with van der Waals surface area (Å²) >= 11 is 0. The Morgan fingerprint density at radius 3 is 2.52 bits per heavy atom. The van der Waals surface area contributed by atoms with E-state index < -0.39 is 6.10 Å². The Hall–Kier alpha value is -2.40. The minimum absolute atomic E-state index is 0.183. The zero-order valence-electron chi connectivity index (χ0n) is 11.7. The van der Waals surface area contributed by atoms with E-state index >= 15 is 0 Å². The van der Waals surface area contributed by atoms with Crippen LogP contribution in [0.1, 0.15) is 18.6 Å². The molecule has 3 N–H and O–H groups in total. The van der Waals surface area contributed by atoms with Crippen molar-refractivity contribution in [2.24, 2.45) is 5.73 Å². The molecule has 0 aromatic heterocycles. The zero-order valence-corrected chi connectivity index (χ0v) is 11.7. The van der Waals surface area contributed by atoms with E-state index in [1.165, 1.54) is 19.1 Å². The quantitative estimate of drug-likeness (QED) is 0.889. The number of nitrogens with one attached hydrogen (secondary N) is 1. The molecule has 0 spiro atoms. The lowest BCUT2D eigenvalue weighted by molar-refractivity contribution is -0.114. The van der Waals surface area contributed by atoms with Crippen LogP contribution in [-0.4, -0.2) is 12.5 Å². The van der Waals surface area contributed by atoms with E-state index in [1.54, 1.807) is 36.4 Å². The van der Waals surface area contributed by atoms with Gasteiger partial charge in [0.2, 0.25) is 5.91 Å². The summed E-state index contributed by atoms with van der Waals surface area (Å²) in [5.74, 6) is 0.0257. The van der Waals surface area contributed by atoms with Crippen molar-refractivity contribution in [3.8, 4) is 5.75 Å². The minimum Gasteiger partial charge on any atom is -0.482 e. The lowest BCUT2D eigenvalue weighted by Gasteiger charge is -2.20. The minimum atomic E-state index is -0.416. The second kappa shape index (κ2) is 6.85. The summed E-state index contributed by atoms with van der Waals surface area (Å²) < 4.78 is 18.8. The molecule has 2 aromatic carbocycles. The number of anilines is 1. The maximum Gasteiger partial charge on any atom is 0.221 e. The van der Waals surface area contributed by atoms with Crippen LogP contribution in [0.15, 0.2) is 48.5 Å². The van der Waals surface area contributed by atoms with E-state index in [1.807, 2.05) is 0 Å². The predicted molar refractivity (Wildman–Crippen MR) is 79.6 cm³/mol. The Morgan fingerprint density at radius 2 is 1.90 bits per heavy atom. The molecule has 0 bridgehead atoms. The van der Waals surface area contributed by atoms with Gasteiger partial charge in [-0.3, -0.25) is 4.79 Å². The van der Waals surface area contributed by atoms with Crippen LogP contribution in [0.4, 0.5) is 10.1 Å². The molecule has 21 heavy (non-hydrogen) atoms. The van der Waals surface area contributed by atoms with Crippen LogP contribution in [0.3, 0.4) is 0 Å². The van der Waals surface area contributed by atoms with Crippen molar-refractivity contribution in [3.63, 3.8) is 0 Å². The molecular weight excluding hydrogens is 271 g/mol. The molecule has 0 aliphatic carbocycles. The molecule has 4 nitrogen and oxygen atoms in total. The Balaban J connectivity index is 2.22. The SMILES string of the molecule is CC(=O)Nc1ccccc1OC(CN)c1ccc(F)cc1. The molecular formula is C16H17FN2O2. The highest BCUT2D eigenvalue weighted by molar-refractivity contribution is 5.90. The molecule has 0 fully saturated rings. The largest absolute Gasteiger partial charge is 0.482 e. The maximum absolute atomic E-state index is 13.0. The number of nitrogens with two attached hydrogens (primary N) is 1. The van der Waals surface area contributed by atoms with Crippen LogP contribution in [0.5, 0.6) is 5.75 Å². The van der Waals surface area contributed by atoms with E-state index in [2.05, 4.69) is 5.32 Å². The third-order valence-electron chi connectivity index (χ3n) is 2.92. The second-order valence-electron chi connectivity index (χ2n) is 4.57. The molecule has 5 heteroatoms. The van der Waals surface area contributed by atoms with Gasteiger partial charge in [0.25, 0.3) is 0 Å². The molecule has 1 amide bonds. The first-order valence-corrected chi connectivity index (χ1v) is 6.59. The molecule has 0 saturated heterocycles. The van der Waals surface area contributed by atoms with Crippen LogP contribution < -0.4 is 15.8 Å². The molecule has 0 aliphatic heterocycles. The normalized spacial score (nSPS) is 11.8. The topological polar surface area (TPSA) is 64.3 Å². The Kier molecular flexibility index (Phi) is 4.90. The summed E-state index contributed by atoms with van der Waals surface area (Å²) in [5.41, 5.74) is 7.09. The smallest absolute Gasteiger partial charge is 0.221 e. The number of hydrogen-bond donors (Lipinski definition) is 2. The zero-order chi connectivity index (χ0) is 15.2. The molecule has 2 rings (SSSR count). The predicted octanol–water partition coefficient (Wildman–Crippen LogP) is 2.86. The molecule has 0 radical (unpaired) electrons. The molecule has 0 heterocycles. The first kappa shape index (κ1) is 15.0. The van der Waals surface area contributed by atoms with Crippen LogP contribution in [0, 0.1) is 5.82 Å².